The van der Waals surface area contributed by atoms with Crippen LogP contribution < -0.4 is 5.32 Å². The molecule has 0 bridgehead atoms. The van der Waals surface area contributed by atoms with Gasteiger partial charge in [-0.1, -0.05) is 6.92 Å². The molecule has 1 unspecified atom stereocenters. The second kappa shape index (κ2) is 6.70. The van der Waals surface area contributed by atoms with Gasteiger partial charge in [0, 0.05) is 6.54 Å². The van der Waals surface area contributed by atoms with Crippen LogP contribution in [0.2, 0.25) is 0 Å². The SMILES string of the molecule is CCNC(CN(C)CC(F)(F)F)C(=O)OC. The Morgan fingerprint density at radius 2 is 2.06 bits per heavy atom. The predicted molar refractivity (Wildman–Crippen MR) is 53.0 cm³/mol. The molecule has 7 heteroatoms. The number of rotatable bonds is 6. The molecule has 0 fully saturated rings. The van der Waals surface area contributed by atoms with Crippen LogP contribution in [0.4, 0.5) is 13.2 Å². The van der Waals surface area contributed by atoms with E-state index < -0.39 is 24.7 Å². The lowest BCUT2D eigenvalue weighted by Crippen LogP contribution is -2.47. The fourth-order valence-corrected chi connectivity index (χ4v) is 1.29. The van der Waals surface area contributed by atoms with Gasteiger partial charge in [-0.15, -0.1) is 0 Å². The molecule has 1 atom stereocenters. The lowest BCUT2D eigenvalue weighted by Gasteiger charge is -2.23. The summed E-state index contributed by atoms with van der Waals surface area (Å²) in [6.45, 7) is 1.16. The van der Waals surface area contributed by atoms with Gasteiger partial charge in [0.2, 0.25) is 0 Å². The number of nitrogens with one attached hydrogen (secondary N) is 1. The molecule has 0 heterocycles. The molecular weight excluding hydrogens is 225 g/mol. The first kappa shape index (κ1) is 15.2. The molecule has 0 aliphatic heterocycles. The number of carbonyl (C=O) groups is 1. The molecule has 4 nitrogen and oxygen atoms in total. The number of esters is 1. The molecule has 1 N–H and O–H groups in total. The molecule has 0 aromatic rings. The van der Waals surface area contributed by atoms with Crippen molar-refractivity contribution >= 4 is 5.97 Å². The van der Waals surface area contributed by atoms with Gasteiger partial charge in [0.05, 0.1) is 13.7 Å². The summed E-state index contributed by atoms with van der Waals surface area (Å²) in [5, 5.41) is 2.77. The molecule has 0 aliphatic carbocycles. The van der Waals surface area contributed by atoms with Gasteiger partial charge in [-0.05, 0) is 13.6 Å². The maximum atomic E-state index is 12.0. The van der Waals surface area contributed by atoms with Gasteiger partial charge in [-0.25, -0.2) is 0 Å². The number of methoxy groups -OCH3 is 1. The third-order valence-corrected chi connectivity index (χ3v) is 1.88. The van der Waals surface area contributed by atoms with Crippen molar-refractivity contribution in [2.45, 2.75) is 19.1 Å². The Balaban J connectivity index is 4.23. The van der Waals surface area contributed by atoms with Crippen LogP contribution in [0.1, 0.15) is 6.92 Å². The van der Waals surface area contributed by atoms with Gasteiger partial charge in [0.1, 0.15) is 6.04 Å². The van der Waals surface area contributed by atoms with E-state index >= 15 is 0 Å². The number of hydrogen-bond donors (Lipinski definition) is 1. The minimum atomic E-state index is -4.26. The van der Waals surface area contributed by atoms with Crippen molar-refractivity contribution in [3.05, 3.63) is 0 Å². The first-order valence-corrected chi connectivity index (χ1v) is 4.86. The molecule has 0 radical (unpaired) electrons. The second-order valence-electron chi connectivity index (χ2n) is 3.45. The third kappa shape index (κ3) is 6.62. The number of halogens is 3. The summed E-state index contributed by atoms with van der Waals surface area (Å²) in [5.41, 5.74) is 0. The van der Waals surface area contributed by atoms with Gasteiger partial charge in [0.25, 0.3) is 0 Å². The molecule has 0 saturated carbocycles. The number of ether oxygens (including phenoxy) is 1. The molecule has 0 saturated heterocycles. The van der Waals surface area contributed by atoms with Crippen molar-refractivity contribution in [3.63, 3.8) is 0 Å². The number of carbonyl (C=O) groups excluding carboxylic acids is 1. The van der Waals surface area contributed by atoms with E-state index in [0.29, 0.717) is 6.54 Å². The van der Waals surface area contributed by atoms with Crippen molar-refractivity contribution in [2.75, 3.05) is 33.8 Å². The first-order valence-electron chi connectivity index (χ1n) is 4.86. The lowest BCUT2D eigenvalue weighted by molar-refractivity contribution is -0.151. The molecule has 0 spiro atoms. The van der Waals surface area contributed by atoms with E-state index in [0.717, 1.165) is 4.90 Å². The Morgan fingerprint density at radius 3 is 2.44 bits per heavy atom. The summed E-state index contributed by atoms with van der Waals surface area (Å²) in [5.74, 6) is -0.559. The number of alkyl halides is 3. The van der Waals surface area contributed by atoms with Crippen LogP contribution in [0.5, 0.6) is 0 Å². The highest BCUT2D eigenvalue weighted by Gasteiger charge is 2.31. The molecule has 16 heavy (non-hydrogen) atoms. The van der Waals surface area contributed by atoms with Gasteiger partial charge >= 0.3 is 12.1 Å². The van der Waals surface area contributed by atoms with Gasteiger partial charge < -0.3 is 10.1 Å². The van der Waals surface area contributed by atoms with Crippen molar-refractivity contribution < 1.29 is 22.7 Å². The summed E-state index contributed by atoms with van der Waals surface area (Å²) in [7, 11) is 2.51. The third-order valence-electron chi connectivity index (χ3n) is 1.88. The van der Waals surface area contributed by atoms with Crippen LogP contribution in [0.25, 0.3) is 0 Å². The molecular formula is C9H17F3N2O2. The Labute approximate surface area is 92.7 Å². The van der Waals surface area contributed by atoms with Crippen LogP contribution in [0.15, 0.2) is 0 Å². The van der Waals surface area contributed by atoms with E-state index in [1.165, 1.54) is 14.2 Å². The zero-order valence-corrected chi connectivity index (χ0v) is 9.60. The van der Waals surface area contributed by atoms with Crippen molar-refractivity contribution in [2.24, 2.45) is 0 Å². The molecule has 0 amide bonds. The fourth-order valence-electron chi connectivity index (χ4n) is 1.29. The van der Waals surface area contributed by atoms with Crippen LogP contribution in [0, 0.1) is 0 Å². The van der Waals surface area contributed by atoms with E-state index in [-0.39, 0.29) is 6.54 Å². The summed E-state index contributed by atoms with van der Waals surface area (Å²) in [4.78, 5) is 12.2. The maximum absolute atomic E-state index is 12.0. The van der Waals surface area contributed by atoms with E-state index in [1.807, 2.05) is 0 Å². The van der Waals surface area contributed by atoms with Crippen LogP contribution in [-0.4, -0.2) is 56.9 Å². The normalized spacial score (nSPS) is 13.9. The highest BCUT2D eigenvalue weighted by Crippen LogP contribution is 2.15. The standard InChI is InChI=1S/C9H17F3N2O2/c1-4-13-7(8(15)16-3)5-14(2)6-9(10,11)12/h7,13H,4-6H2,1-3H3. The largest absolute Gasteiger partial charge is 0.468 e. The highest BCUT2D eigenvalue weighted by molar-refractivity contribution is 5.75. The first-order chi connectivity index (χ1) is 7.30. The molecule has 0 aliphatic rings. The average Bonchev–Trinajstić information content (AvgIpc) is 2.13. The maximum Gasteiger partial charge on any atom is 0.401 e. The molecule has 0 aromatic heterocycles. The van der Waals surface area contributed by atoms with Gasteiger partial charge in [0.15, 0.2) is 0 Å². The molecule has 0 rings (SSSR count). The van der Waals surface area contributed by atoms with Gasteiger partial charge in [-0.2, -0.15) is 13.2 Å². The van der Waals surface area contributed by atoms with Gasteiger partial charge in [-0.3, -0.25) is 9.69 Å². The van der Waals surface area contributed by atoms with Crippen LogP contribution >= 0.6 is 0 Å². The van der Waals surface area contributed by atoms with Crippen molar-refractivity contribution in [1.29, 1.82) is 0 Å². The smallest absolute Gasteiger partial charge is 0.401 e. The van der Waals surface area contributed by atoms with Crippen molar-refractivity contribution in [1.82, 2.24) is 10.2 Å². The summed E-state index contributed by atoms with van der Waals surface area (Å²) in [6, 6.07) is -0.734. The Morgan fingerprint density at radius 1 is 1.50 bits per heavy atom. The Bertz CT molecular complexity index is 221. The topological polar surface area (TPSA) is 41.6 Å². The average molecular weight is 242 g/mol. The summed E-state index contributed by atoms with van der Waals surface area (Å²) >= 11 is 0. The van der Waals surface area contributed by atoms with E-state index in [9.17, 15) is 18.0 Å². The number of likely N-dealkylation sites (N-methyl/N-ethyl adjacent to an activating group) is 2. The van der Waals surface area contributed by atoms with E-state index in [2.05, 4.69) is 10.1 Å². The second-order valence-corrected chi connectivity index (χ2v) is 3.45. The zero-order valence-electron chi connectivity index (χ0n) is 9.60. The molecule has 96 valence electrons. The zero-order chi connectivity index (χ0) is 12.8. The monoisotopic (exact) mass is 242 g/mol. The minimum absolute atomic E-state index is 0.0416. The van der Waals surface area contributed by atoms with E-state index in [1.54, 1.807) is 6.92 Å². The number of hydrogen-bond acceptors (Lipinski definition) is 4. The highest BCUT2D eigenvalue weighted by atomic mass is 19.4. The molecule has 0 aromatic carbocycles. The number of nitrogens with zero attached hydrogens (tertiary/aromatic N) is 1. The van der Waals surface area contributed by atoms with E-state index in [4.69, 9.17) is 0 Å². The van der Waals surface area contributed by atoms with Crippen LogP contribution in [-0.2, 0) is 9.53 Å². The summed E-state index contributed by atoms with van der Waals surface area (Å²) < 4.78 is 40.6. The Kier molecular flexibility index (Phi) is 6.35. The summed E-state index contributed by atoms with van der Waals surface area (Å²) in [6.07, 6.45) is -4.26. The minimum Gasteiger partial charge on any atom is -0.468 e. The fraction of sp³-hybridized carbons (Fsp3) is 0.889. The lowest BCUT2D eigenvalue weighted by atomic mass is 10.2. The Hall–Kier alpha value is -0.820. The van der Waals surface area contributed by atoms with Crippen LogP contribution in [0.3, 0.4) is 0 Å². The van der Waals surface area contributed by atoms with Crippen molar-refractivity contribution in [3.8, 4) is 0 Å². The quantitative estimate of drug-likeness (QED) is 0.694. The predicted octanol–water partition coefficient (Wildman–Crippen LogP) is 0.632.